The number of esters is 1. The summed E-state index contributed by atoms with van der Waals surface area (Å²) in [4.78, 5) is 38.9. The number of nitrogens with one attached hydrogen (secondary N) is 1. The minimum atomic E-state index is -1.92. The van der Waals surface area contributed by atoms with Crippen molar-refractivity contribution in [1.82, 2.24) is 9.55 Å². The number of hydrogen-bond donors (Lipinski definition) is 1. The van der Waals surface area contributed by atoms with Crippen LogP contribution in [0.15, 0.2) is 76.4 Å². The van der Waals surface area contributed by atoms with Crippen LogP contribution in [0.25, 0.3) is 0 Å². The largest absolute Gasteiger partial charge is 0.455 e. The Kier molecular flexibility index (Phi) is 7.47. The van der Waals surface area contributed by atoms with E-state index in [2.05, 4.69) is 4.98 Å². The van der Waals surface area contributed by atoms with E-state index in [4.69, 9.17) is 18.9 Å². The lowest BCUT2D eigenvalue weighted by atomic mass is 10.1. The Morgan fingerprint density at radius 2 is 1.69 bits per heavy atom. The van der Waals surface area contributed by atoms with E-state index in [-0.39, 0.29) is 25.4 Å². The average Bonchev–Trinajstić information content (AvgIpc) is 3.12. The molecule has 0 amide bonds. The minimum absolute atomic E-state index is 0.0346. The number of nitrogens with zero attached hydrogens (tertiary/aromatic N) is 1. The van der Waals surface area contributed by atoms with Crippen molar-refractivity contribution in [2.24, 2.45) is 0 Å². The molecule has 0 bridgehead atoms. The third-order valence-corrected chi connectivity index (χ3v) is 5.50. The van der Waals surface area contributed by atoms with E-state index < -0.39 is 41.7 Å². The van der Waals surface area contributed by atoms with Gasteiger partial charge in [-0.2, -0.15) is 0 Å². The fourth-order valence-electron chi connectivity index (χ4n) is 3.81. The first-order valence-corrected chi connectivity index (χ1v) is 11.2. The second-order valence-corrected chi connectivity index (χ2v) is 8.20. The molecule has 1 saturated heterocycles. The van der Waals surface area contributed by atoms with Gasteiger partial charge < -0.3 is 18.9 Å². The summed E-state index contributed by atoms with van der Waals surface area (Å²) in [6.07, 6.45) is -4.19. The lowest BCUT2D eigenvalue weighted by Gasteiger charge is -2.25. The van der Waals surface area contributed by atoms with Crippen LogP contribution in [-0.4, -0.2) is 40.4 Å². The van der Waals surface area contributed by atoms with Gasteiger partial charge >= 0.3 is 11.7 Å². The molecule has 0 radical (unpaired) electrons. The van der Waals surface area contributed by atoms with E-state index in [0.29, 0.717) is 0 Å². The van der Waals surface area contributed by atoms with Crippen molar-refractivity contribution in [2.45, 2.75) is 51.6 Å². The van der Waals surface area contributed by atoms with Gasteiger partial charge in [-0.05, 0) is 18.1 Å². The SMILES string of the molecule is [2H][C@@]1(OCc2ccccc2)[C@@H](COCc2ccccc2)O[C@@H](n2cc(C)c(=O)[nH]c2=O)[C@@H]1OC(C)=O. The third-order valence-electron chi connectivity index (χ3n) is 5.50. The molecule has 1 aliphatic rings. The van der Waals surface area contributed by atoms with Crippen molar-refractivity contribution in [3.63, 3.8) is 0 Å². The van der Waals surface area contributed by atoms with Crippen LogP contribution in [0.1, 0.15) is 31.2 Å². The summed E-state index contributed by atoms with van der Waals surface area (Å²) < 4.78 is 33.9. The van der Waals surface area contributed by atoms with Gasteiger partial charge in [0.1, 0.15) is 12.2 Å². The number of aromatic amines is 1. The van der Waals surface area contributed by atoms with Crippen LogP contribution in [0.2, 0.25) is 0 Å². The molecule has 9 nitrogen and oxygen atoms in total. The second-order valence-electron chi connectivity index (χ2n) is 8.20. The van der Waals surface area contributed by atoms with Crippen molar-refractivity contribution in [3.8, 4) is 0 Å². The van der Waals surface area contributed by atoms with Gasteiger partial charge in [0.15, 0.2) is 12.3 Å². The molecule has 0 saturated carbocycles. The number of benzene rings is 2. The second kappa shape index (κ2) is 11.3. The molecule has 1 N–H and O–H groups in total. The van der Waals surface area contributed by atoms with Crippen LogP contribution in [0.4, 0.5) is 0 Å². The van der Waals surface area contributed by atoms with E-state index in [0.717, 1.165) is 15.7 Å². The average molecular weight is 482 g/mol. The first-order chi connectivity index (χ1) is 17.3. The van der Waals surface area contributed by atoms with E-state index in [9.17, 15) is 15.8 Å². The van der Waals surface area contributed by atoms with Crippen LogP contribution in [0, 0.1) is 6.92 Å². The highest BCUT2D eigenvalue weighted by atomic mass is 16.6. The molecule has 35 heavy (non-hydrogen) atoms. The maximum atomic E-state index is 12.7. The van der Waals surface area contributed by atoms with E-state index >= 15 is 0 Å². The molecular formula is C26H28N2O7. The van der Waals surface area contributed by atoms with Crippen molar-refractivity contribution in [2.75, 3.05) is 6.61 Å². The summed E-state index contributed by atoms with van der Waals surface area (Å²) in [6.45, 7) is 2.96. The molecule has 1 aromatic heterocycles. The highest BCUT2D eigenvalue weighted by Crippen LogP contribution is 2.34. The molecule has 2 aromatic carbocycles. The summed E-state index contributed by atoms with van der Waals surface area (Å²) in [5, 5.41) is 0. The van der Waals surface area contributed by atoms with E-state index in [1.54, 1.807) is 0 Å². The van der Waals surface area contributed by atoms with Gasteiger partial charge in [0.05, 0.1) is 21.2 Å². The predicted molar refractivity (Wildman–Crippen MR) is 127 cm³/mol. The van der Waals surface area contributed by atoms with E-state index in [1.807, 2.05) is 60.7 Å². The maximum absolute atomic E-state index is 12.7. The van der Waals surface area contributed by atoms with Gasteiger partial charge in [0.2, 0.25) is 0 Å². The number of carbonyl (C=O) groups excluding carboxylic acids is 1. The summed E-state index contributed by atoms with van der Waals surface area (Å²) in [5.41, 5.74) is 0.679. The molecule has 1 aliphatic heterocycles. The molecule has 4 rings (SSSR count). The molecule has 1 fully saturated rings. The van der Waals surface area contributed by atoms with Gasteiger partial charge in [-0.15, -0.1) is 0 Å². The fraction of sp³-hybridized carbons (Fsp3) is 0.346. The number of ether oxygens (including phenoxy) is 4. The van der Waals surface area contributed by atoms with Gasteiger partial charge in [-0.3, -0.25) is 19.1 Å². The zero-order valence-corrected chi connectivity index (χ0v) is 19.5. The molecule has 0 spiro atoms. The molecule has 0 aliphatic carbocycles. The molecule has 0 unspecified atom stereocenters. The molecule has 3 aromatic rings. The Morgan fingerprint density at radius 1 is 1.06 bits per heavy atom. The van der Waals surface area contributed by atoms with Crippen molar-refractivity contribution < 1.29 is 25.1 Å². The number of H-pyrrole nitrogens is 1. The van der Waals surface area contributed by atoms with Crippen LogP contribution >= 0.6 is 0 Å². The Labute approximate surface area is 203 Å². The Balaban J connectivity index is 1.66. The van der Waals surface area contributed by atoms with Gasteiger partial charge in [-0.25, -0.2) is 4.79 Å². The van der Waals surface area contributed by atoms with Gasteiger partial charge in [-0.1, -0.05) is 60.7 Å². The Bertz CT molecular complexity index is 1290. The summed E-state index contributed by atoms with van der Waals surface area (Å²) in [6, 6.07) is 18.7. The van der Waals surface area contributed by atoms with Gasteiger partial charge in [0, 0.05) is 18.7 Å². The first kappa shape index (κ1) is 23.2. The molecular weight excluding hydrogens is 452 g/mol. The molecule has 2 heterocycles. The summed E-state index contributed by atoms with van der Waals surface area (Å²) in [5.74, 6) is -0.673. The molecule has 9 heteroatoms. The number of rotatable bonds is 9. The lowest BCUT2D eigenvalue weighted by Crippen LogP contribution is -2.42. The van der Waals surface area contributed by atoms with Crippen molar-refractivity contribution in [1.29, 1.82) is 0 Å². The topological polar surface area (TPSA) is 109 Å². The Hall–Kier alpha value is -3.53. The normalized spacial score (nSPS) is 24.2. The monoisotopic (exact) mass is 481 g/mol. The summed E-state index contributed by atoms with van der Waals surface area (Å²) in [7, 11) is 0. The Morgan fingerprint density at radius 3 is 2.31 bits per heavy atom. The number of hydrogen-bond acceptors (Lipinski definition) is 7. The minimum Gasteiger partial charge on any atom is -0.455 e. The maximum Gasteiger partial charge on any atom is 0.330 e. The van der Waals surface area contributed by atoms with Crippen LogP contribution < -0.4 is 11.2 Å². The number of aromatic nitrogens is 2. The molecule has 4 atom stereocenters. The lowest BCUT2D eigenvalue weighted by molar-refractivity contribution is -0.158. The fourth-order valence-corrected chi connectivity index (χ4v) is 3.81. The number of aryl methyl sites for hydroxylation is 1. The third kappa shape index (κ3) is 6.13. The van der Waals surface area contributed by atoms with Crippen LogP contribution in [0.3, 0.4) is 0 Å². The van der Waals surface area contributed by atoms with Gasteiger partial charge in [0.25, 0.3) is 5.56 Å². The van der Waals surface area contributed by atoms with Crippen molar-refractivity contribution >= 4 is 5.97 Å². The zero-order chi connectivity index (χ0) is 25.7. The predicted octanol–water partition coefficient (Wildman–Crippen LogP) is 2.48. The standard InChI is InChI=1S/C26H28N2O7/c1-17-13-28(26(31)27-24(17)30)25-23(34-18(2)29)22(33-15-20-11-7-4-8-12-20)21(35-25)16-32-14-19-9-5-3-6-10-19/h3-13,21-23,25H,14-16H2,1-2H3,(H,27,30,31)/t21-,22-,23-,25-/m1/s1/i22D. The van der Waals surface area contributed by atoms with Crippen LogP contribution in [-0.2, 0) is 37.0 Å². The van der Waals surface area contributed by atoms with Crippen LogP contribution in [0.5, 0.6) is 0 Å². The quantitative estimate of drug-likeness (QED) is 0.468. The smallest absolute Gasteiger partial charge is 0.330 e. The first-order valence-electron chi connectivity index (χ1n) is 11.7. The molecule has 184 valence electrons. The highest BCUT2D eigenvalue weighted by molar-refractivity contribution is 5.66. The van der Waals surface area contributed by atoms with Crippen molar-refractivity contribution in [3.05, 3.63) is 104 Å². The highest BCUT2D eigenvalue weighted by Gasteiger charge is 2.49. The number of carbonyl (C=O) groups is 1. The zero-order valence-electron chi connectivity index (χ0n) is 20.5. The summed E-state index contributed by atoms with van der Waals surface area (Å²) >= 11 is 0. The van der Waals surface area contributed by atoms with E-state index in [1.165, 1.54) is 20.0 Å².